The molecule has 3 rings (SSSR count). The molecule has 3 aromatic rings. The predicted molar refractivity (Wildman–Crippen MR) is 97.2 cm³/mol. The summed E-state index contributed by atoms with van der Waals surface area (Å²) in [6.07, 6.45) is 3.95. The predicted octanol–water partition coefficient (Wildman–Crippen LogP) is 3.38. The summed E-state index contributed by atoms with van der Waals surface area (Å²) >= 11 is 0. The van der Waals surface area contributed by atoms with E-state index < -0.39 is 0 Å². The van der Waals surface area contributed by atoms with Crippen molar-refractivity contribution in [3.63, 3.8) is 0 Å². The van der Waals surface area contributed by atoms with Crippen LogP contribution in [0.25, 0.3) is 5.69 Å². The molecule has 1 N–H and O–H groups in total. The number of carbonyl (C=O) groups excluding carboxylic acids is 1. The third kappa shape index (κ3) is 4.47. The fraction of sp³-hybridized carbons (Fsp3) is 0.200. The number of ether oxygens (including phenoxy) is 1. The van der Waals surface area contributed by atoms with Crippen LogP contribution >= 0.6 is 0 Å². The minimum absolute atomic E-state index is 0.142. The molecule has 0 radical (unpaired) electrons. The van der Waals surface area contributed by atoms with Crippen LogP contribution in [0.5, 0.6) is 5.75 Å². The van der Waals surface area contributed by atoms with Gasteiger partial charge in [-0.2, -0.15) is 0 Å². The van der Waals surface area contributed by atoms with Crippen molar-refractivity contribution in [1.82, 2.24) is 14.9 Å². The largest absolute Gasteiger partial charge is 0.494 e. The van der Waals surface area contributed by atoms with Crippen molar-refractivity contribution in [1.29, 1.82) is 0 Å². The first kappa shape index (κ1) is 16.8. The molecule has 2 aromatic carbocycles. The molecule has 5 nitrogen and oxygen atoms in total. The normalized spacial score (nSPS) is 10.4. The van der Waals surface area contributed by atoms with Gasteiger partial charge in [-0.1, -0.05) is 30.3 Å². The average Bonchev–Trinajstić information content (AvgIpc) is 3.12. The van der Waals surface area contributed by atoms with Gasteiger partial charge in [-0.05, 0) is 43.2 Å². The van der Waals surface area contributed by atoms with E-state index >= 15 is 0 Å². The van der Waals surface area contributed by atoms with Crippen LogP contribution < -0.4 is 10.1 Å². The third-order valence-electron chi connectivity index (χ3n) is 3.77. The lowest BCUT2D eigenvalue weighted by Gasteiger charge is -2.10. The van der Waals surface area contributed by atoms with E-state index in [4.69, 9.17) is 4.74 Å². The summed E-state index contributed by atoms with van der Waals surface area (Å²) in [4.78, 5) is 16.5. The Labute approximate surface area is 147 Å². The molecule has 1 heterocycles. The van der Waals surface area contributed by atoms with E-state index in [-0.39, 0.29) is 5.91 Å². The molecule has 1 amide bonds. The average molecular weight is 335 g/mol. The molecule has 5 heteroatoms. The zero-order chi connectivity index (χ0) is 17.5. The van der Waals surface area contributed by atoms with Crippen molar-refractivity contribution in [2.24, 2.45) is 0 Å². The first-order chi connectivity index (χ1) is 12.2. The van der Waals surface area contributed by atoms with Gasteiger partial charge < -0.3 is 10.1 Å². The monoisotopic (exact) mass is 335 g/mol. The molecule has 128 valence electrons. The Morgan fingerprint density at radius 3 is 2.80 bits per heavy atom. The number of imidazole rings is 1. The highest BCUT2D eigenvalue weighted by atomic mass is 16.5. The number of carbonyl (C=O) groups is 1. The van der Waals surface area contributed by atoms with Crippen LogP contribution in [0.15, 0.2) is 67.1 Å². The fourth-order valence-corrected chi connectivity index (χ4v) is 2.52. The molecule has 0 aliphatic carbocycles. The quantitative estimate of drug-likeness (QED) is 0.674. The molecule has 0 unspecified atom stereocenters. The van der Waals surface area contributed by atoms with Crippen molar-refractivity contribution < 1.29 is 9.53 Å². The molecule has 0 bridgehead atoms. The molecule has 0 aliphatic heterocycles. The lowest BCUT2D eigenvalue weighted by atomic mass is 10.2. The Morgan fingerprint density at radius 1 is 1.16 bits per heavy atom. The molecule has 0 saturated carbocycles. The number of aryl methyl sites for hydroxylation is 1. The van der Waals surface area contributed by atoms with E-state index in [2.05, 4.69) is 10.3 Å². The van der Waals surface area contributed by atoms with Gasteiger partial charge in [0.2, 0.25) is 0 Å². The second-order valence-corrected chi connectivity index (χ2v) is 5.76. The first-order valence-electron chi connectivity index (χ1n) is 8.29. The Kier molecular flexibility index (Phi) is 5.46. The maximum absolute atomic E-state index is 12.4. The smallest absolute Gasteiger partial charge is 0.269 e. The lowest BCUT2D eigenvalue weighted by molar-refractivity contribution is 0.0944. The van der Waals surface area contributed by atoms with Crippen LogP contribution in [0.4, 0.5) is 0 Å². The number of benzene rings is 2. The van der Waals surface area contributed by atoms with E-state index in [1.54, 1.807) is 17.1 Å². The highest BCUT2D eigenvalue weighted by molar-refractivity contribution is 5.92. The Balaban J connectivity index is 1.48. The van der Waals surface area contributed by atoms with Gasteiger partial charge in [-0.3, -0.25) is 9.36 Å². The van der Waals surface area contributed by atoms with Crippen molar-refractivity contribution in [2.75, 3.05) is 13.2 Å². The minimum Gasteiger partial charge on any atom is -0.494 e. The lowest BCUT2D eigenvalue weighted by Crippen LogP contribution is -2.27. The van der Waals surface area contributed by atoms with Crippen molar-refractivity contribution >= 4 is 5.91 Å². The van der Waals surface area contributed by atoms with Gasteiger partial charge in [0.1, 0.15) is 11.4 Å². The molecule has 0 spiro atoms. The van der Waals surface area contributed by atoms with Crippen LogP contribution in [0, 0.1) is 6.92 Å². The van der Waals surface area contributed by atoms with Gasteiger partial charge in [-0.15, -0.1) is 0 Å². The van der Waals surface area contributed by atoms with Crippen molar-refractivity contribution in [3.8, 4) is 11.4 Å². The molecule has 0 atom stereocenters. The van der Waals surface area contributed by atoms with Gasteiger partial charge in [0.25, 0.3) is 5.91 Å². The van der Waals surface area contributed by atoms with Crippen LogP contribution in [0.2, 0.25) is 0 Å². The van der Waals surface area contributed by atoms with Crippen molar-refractivity contribution in [3.05, 3.63) is 78.4 Å². The van der Waals surface area contributed by atoms with Gasteiger partial charge in [0.05, 0.1) is 19.1 Å². The summed E-state index contributed by atoms with van der Waals surface area (Å²) in [7, 11) is 0. The maximum atomic E-state index is 12.4. The second-order valence-electron chi connectivity index (χ2n) is 5.76. The number of para-hydroxylation sites is 1. The summed E-state index contributed by atoms with van der Waals surface area (Å²) in [6, 6.07) is 17.6. The Bertz CT molecular complexity index is 828. The zero-order valence-corrected chi connectivity index (χ0v) is 14.2. The second kappa shape index (κ2) is 8.15. The molecular formula is C20H21N3O2. The van der Waals surface area contributed by atoms with Crippen LogP contribution in [0.3, 0.4) is 0 Å². The fourth-order valence-electron chi connectivity index (χ4n) is 2.52. The number of nitrogens with zero attached hydrogens (tertiary/aromatic N) is 2. The van der Waals surface area contributed by atoms with Gasteiger partial charge >= 0.3 is 0 Å². The maximum Gasteiger partial charge on any atom is 0.269 e. The molecule has 0 aliphatic rings. The summed E-state index contributed by atoms with van der Waals surface area (Å²) in [6.45, 7) is 3.13. The number of nitrogens with one attached hydrogen (secondary N) is 1. The summed E-state index contributed by atoms with van der Waals surface area (Å²) in [5, 5.41) is 2.91. The van der Waals surface area contributed by atoms with E-state index in [0.29, 0.717) is 18.8 Å². The highest BCUT2D eigenvalue weighted by Gasteiger charge is 2.12. The van der Waals surface area contributed by atoms with E-state index in [9.17, 15) is 4.79 Å². The Morgan fingerprint density at radius 2 is 2.00 bits per heavy atom. The molecular weight excluding hydrogens is 314 g/mol. The number of hydrogen-bond donors (Lipinski definition) is 1. The molecule has 0 saturated heterocycles. The minimum atomic E-state index is -0.142. The van der Waals surface area contributed by atoms with Crippen LogP contribution in [-0.4, -0.2) is 28.6 Å². The van der Waals surface area contributed by atoms with Crippen molar-refractivity contribution in [2.45, 2.75) is 13.3 Å². The molecule has 1 aromatic heterocycles. The van der Waals surface area contributed by atoms with E-state index in [1.807, 2.05) is 61.5 Å². The molecule has 25 heavy (non-hydrogen) atoms. The van der Waals surface area contributed by atoms with Gasteiger partial charge in [0.15, 0.2) is 0 Å². The number of amides is 1. The zero-order valence-electron chi connectivity index (χ0n) is 14.2. The summed E-state index contributed by atoms with van der Waals surface area (Å²) in [5.74, 6) is 0.713. The van der Waals surface area contributed by atoms with Gasteiger partial charge in [-0.25, -0.2) is 4.98 Å². The summed E-state index contributed by atoms with van der Waals surface area (Å²) < 4.78 is 7.46. The Hall–Kier alpha value is -3.08. The first-order valence-corrected chi connectivity index (χ1v) is 8.29. The summed E-state index contributed by atoms with van der Waals surface area (Å²) in [5.41, 5.74) is 2.60. The highest BCUT2D eigenvalue weighted by Crippen LogP contribution is 2.12. The molecule has 0 fully saturated rings. The van der Waals surface area contributed by atoms with E-state index in [0.717, 1.165) is 17.9 Å². The van der Waals surface area contributed by atoms with Crippen LogP contribution in [0.1, 0.15) is 22.5 Å². The van der Waals surface area contributed by atoms with E-state index in [1.165, 1.54) is 5.56 Å². The topological polar surface area (TPSA) is 56.1 Å². The third-order valence-corrected chi connectivity index (χ3v) is 3.77. The number of rotatable bonds is 7. The van der Waals surface area contributed by atoms with Crippen LogP contribution in [-0.2, 0) is 0 Å². The number of hydrogen-bond acceptors (Lipinski definition) is 3. The standard InChI is InChI=1S/C20H21N3O2/c1-16-7-5-10-18(13-16)25-12-6-11-22-20(24)19-14-21-15-23(19)17-8-3-2-4-9-17/h2-5,7-10,13-15H,6,11-12H2,1H3,(H,22,24). The van der Waals surface area contributed by atoms with Gasteiger partial charge in [0, 0.05) is 12.2 Å². The SMILES string of the molecule is Cc1cccc(OCCCNC(=O)c2cncn2-c2ccccc2)c1. The number of aromatic nitrogens is 2.